The Morgan fingerprint density at radius 2 is 1.55 bits per heavy atom. The molecule has 1 fully saturated rings. The molecule has 0 radical (unpaired) electrons. The van der Waals surface area contributed by atoms with Crippen molar-refractivity contribution in [1.82, 2.24) is 4.90 Å². The molecule has 0 saturated carbocycles. The van der Waals surface area contributed by atoms with Gasteiger partial charge in [-0.25, -0.2) is 8.42 Å². The Morgan fingerprint density at radius 1 is 0.935 bits per heavy atom. The predicted molar refractivity (Wildman–Crippen MR) is 115 cm³/mol. The number of carbonyl (C=O) groups is 2. The van der Waals surface area contributed by atoms with Gasteiger partial charge in [0.15, 0.2) is 27.1 Å². The van der Waals surface area contributed by atoms with Gasteiger partial charge in [0.25, 0.3) is 5.91 Å². The zero-order valence-electron chi connectivity index (χ0n) is 17.4. The monoisotopic (exact) mass is 443 g/mol. The van der Waals surface area contributed by atoms with Crippen molar-refractivity contribution in [3.8, 4) is 11.5 Å². The first-order valence-corrected chi connectivity index (χ1v) is 12.1. The Bertz CT molecular complexity index is 1090. The highest BCUT2D eigenvalue weighted by Crippen LogP contribution is 2.32. The molecule has 2 aromatic rings. The second kappa shape index (κ2) is 8.70. The smallest absolute Gasteiger partial charge is 0.253 e. The first-order valence-electron chi connectivity index (χ1n) is 10.4. The van der Waals surface area contributed by atoms with Crippen LogP contribution in [-0.4, -0.2) is 57.1 Å². The third-order valence-electron chi connectivity index (χ3n) is 5.82. The molecule has 2 aromatic carbocycles. The van der Waals surface area contributed by atoms with E-state index in [2.05, 4.69) is 0 Å². The zero-order chi connectivity index (χ0) is 22.0. The van der Waals surface area contributed by atoms with E-state index >= 15 is 0 Å². The van der Waals surface area contributed by atoms with Gasteiger partial charge in [0.05, 0.1) is 10.6 Å². The minimum absolute atomic E-state index is 0.0191. The maximum atomic E-state index is 12.9. The van der Waals surface area contributed by atoms with Gasteiger partial charge in [-0.15, -0.1) is 0 Å². The van der Waals surface area contributed by atoms with Crippen LogP contribution >= 0.6 is 0 Å². The number of amides is 1. The molecule has 8 heteroatoms. The molecule has 2 aliphatic heterocycles. The predicted octanol–water partition coefficient (Wildman–Crippen LogP) is 2.99. The van der Waals surface area contributed by atoms with Crippen molar-refractivity contribution in [1.29, 1.82) is 0 Å². The van der Waals surface area contributed by atoms with E-state index in [1.54, 1.807) is 42.2 Å². The van der Waals surface area contributed by atoms with Gasteiger partial charge in [0.1, 0.15) is 13.2 Å². The maximum Gasteiger partial charge on any atom is 0.253 e. The number of likely N-dealkylation sites (tertiary alicyclic amines) is 1. The molecule has 31 heavy (non-hydrogen) atoms. The van der Waals surface area contributed by atoms with Crippen LogP contribution in [0.5, 0.6) is 11.5 Å². The Balaban J connectivity index is 1.38. The molecule has 0 bridgehead atoms. The fraction of sp³-hybridized carbons (Fsp3) is 0.391. The molecule has 2 aliphatic rings. The lowest BCUT2D eigenvalue weighted by Gasteiger charge is -2.31. The minimum Gasteiger partial charge on any atom is -0.486 e. The van der Waals surface area contributed by atoms with Gasteiger partial charge < -0.3 is 14.4 Å². The highest BCUT2D eigenvalue weighted by molar-refractivity contribution is 7.91. The average Bonchev–Trinajstić information content (AvgIpc) is 2.83. The highest BCUT2D eigenvalue weighted by Gasteiger charge is 2.29. The zero-order valence-corrected chi connectivity index (χ0v) is 18.2. The number of sulfone groups is 1. The molecule has 0 aliphatic carbocycles. The molecule has 0 N–H and O–H groups in total. The Labute approximate surface area is 181 Å². The first-order chi connectivity index (χ1) is 14.9. The molecular formula is C23H25NO6S. The number of nitrogens with zero attached hydrogens (tertiary/aromatic N) is 1. The molecule has 164 valence electrons. The highest BCUT2D eigenvalue weighted by atomic mass is 32.2. The number of Topliss-reactive ketones (excluding diaryl/α,β-unsaturated/α-hetero) is 1. The van der Waals surface area contributed by atoms with Crippen LogP contribution in [-0.2, 0) is 9.84 Å². The summed E-state index contributed by atoms with van der Waals surface area (Å²) in [5, 5.41) is 0. The van der Waals surface area contributed by atoms with E-state index < -0.39 is 9.84 Å². The van der Waals surface area contributed by atoms with Crippen molar-refractivity contribution in [2.75, 3.05) is 32.1 Å². The van der Waals surface area contributed by atoms with E-state index in [0.717, 1.165) is 0 Å². The quantitative estimate of drug-likeness (QED) is 0.660. The third-order valence-corrected chi connectivity index (χ3v) is 7.57. The second-order valence-electron chi connectivity index (χ2n) is 7.72. The normalized spacial score (nSPS) is 16.7. The molecule has 4 rings (SSSR count). The Hall–Kier alpha value is -2.87. The van der Waals surface area contributed by atoms with E-state index in [9.17, 15) is 18.0 Å². The Kier molecular flexibility index (Phi) is 6.00. The fourth-order valence-electron chi connectivity index (χ4n) is 3.93. The number of ketones is 1. The molecule has 1 saturated heterocycles. The van der Waals surface area contributed by atoms with E-state index in [-0.39, 0.29) is 28.3 Å². The van der Waals surface area contributed by atoms with Crippen molar-refractivity contribution in [3.05, 3.63) is 53.6 Å². The number of benzene rings is 2. The number of piperidine rings is 1. The number of carbonyl (C=O) groups excluding carboxylic acids is 2. The summed E-state index contributed by atoms with van der Waals surface area (Å²) in [7, 11) is -3.29. The van der Waals surface area contributed by atoms with Crippen LogP contribution in [0.4, 0.5) is 0 Å². The fourth-order valence-corrected chi connectivity index (χ4v) is 4.82. The number of fused-ring (bicyclic) bond motifs is 1. The van der Waals surface area contributed by atoms with Gasteiger partial charge in [-0.2, -0.15) is 0 Å². The van der Waals surface area contributed by atoms with Crippen molar-refractivity contribution in [2.24, 2.45) is 5.92 Å². The third kappa shape index (κ3) is 4.44. The van der Waals surface area contributed by atoms with E-state index in [1.807, 2.05) is 0 Å². The van der Waals surface area contributed by atoms with Crippen molar-refractivity contribution in [2.45, 2.75) is 24.7 Å². The van der Waals surface area contributed by atoms with E-state index in [1.165, 1.54) is 12.1 Å². The summed E-state index contributed by atoms with van der Waals surface area (Å²) in [5.74, 6) is 1.03. The number of ether oxygens (including phenoxy) is 2. The van der Waals surface area contributed by atoms with E-state index in [4.69, 9.17) is 9.47 Å². The minimum atomic E-state index is -3.29. The van der Waals surface area contributed by atoms with Crippen LogP contribution in [0.15, 0.2) is 47.4 Å². The molecule has 0 unspecified atom stereocenters. The average molecular weight is 444 g/mol. The topological polar surface area (TPSA) is 90.0 Å². The van der Waals surface area contributed by atoms with Gasteiger partial charge in [0, 0.05) is 30.1 Å². The largest absolute Gasteiger partial charge is 0.486 e. The van der Waals surface area contributed by atoms with Crippen LogP contribution in [0.1, 0.15) is 40.5 Å². The van der Waals surface area contributed by atoms with Crippen LogP contribution in [0.2, 0.25) is 0 Å². The lowest BCUT2D eigenvalue weighted by Crippen LogP contribution is -2.40. The molecular weight excluding hydrogens is 418 g/mol. The van der Waals surface area contributed by atoms with Crippen LogP contribution in [0, 0.1) is 5.92 Å². The van der Waals surface area contributed by atoms with Gasteiger partial charge in [-0.05, 0) is 55.3 Å². The molecule has 7 nitrogen and oxygen atoms in total. The number of hydrogen-bond acceptors (Lipinski definition) is 6. The Morgan fingerprint density at radius 3 is 2.19 bits per heavy atom. The summed E-state index contributed by atoms with van der Waals surface area (Å²) < 4.78 is 34.9. The molecule has 2 heterocycles. The standard InChI is InChI=1S/C23H25NO6S/c1-2-31(27,28)19-6-3-17(4-7-19)23(26)24-11-9-16(10-12-24)22(25)18-5-8-20-21(15-18)30-14-13-29-20/h3-8,15-16H,2,9-14H2,1H3. The summed E-state index contributed by atoms with van der Waals surface area (Å²) in [6.45, 7) is 3.52. The van der Waals surface area contributed by atoms with Crippen molar-refractivity contribution in [3.63, 3.8) is 0 Å². The van der Waals surface area contributed by atoms with Crippen LogP contribution in [0.3, 0.4) is 0 Å². The van der Waals surface area contributed by atoms with Gasteiger partial charge in [0.2, 0.25) is 0 Å². The van der Waals surface area contributed by atoms with Crippen LogP contribution in [0.25, 0.3) is 0 Å². The van der Waals surface area contributed by atoms with Gasteiger partial charge >= 0.3 is 0 Å². The molecule has 0 aromatic heterocycles. The lowest BCUT2D eigenvalue weighted by atomic mass is 9.88. The number of rotatable bonds is 5. The molecule has 0 atom stereocenters. The maximum absolute atomic E-state index is 12.9. The first kappa shape index (κ1) is 21.4. The summed E-state index contributed by atoms with van der Waals surface area (Å²) in [4.78, 5) is 27.7. The lowest BCUT2D eigenvalue weighted by molar-refractivity contribution is 0.0650. The van der Waals surface area contributed by atoms with E-state index in [0.29, 0.717) is 61.8 Å². The van der Waals surface area contributed by atoms with Gasteiger partial charge in [-0.3, -0.25) is 9.59 Å². The summed E-state index contributed by atoms with van der Waals surface area (Å²) in [6, 6.07) is 11.3. The van der Waals surface area contributed by atoms with Crippen molar-refractivity contribution >= 4 is 21.5 Å². The van der Waals surface area contributed by atoms with Gasteiger partial charge in [-0.1, -0.05) is 6.92 Å². The summed E-state index contributed by atoms with van der Waals surface area (Å²) >= 11 is 0. The van der Waals surface area contributed by atoms with Crippen molar-refractivity contribution < 1.29 is 27.5 Å². The molecule has 0 spiro atoms. The summed E-state index contributed by atoms with van der Waals surface area (Å²) in [5.41, 5.74) is 1.05. The summed E-state index contributed by atoms with van der Waals surface area (Å²) in [6.07, 6.45) is 1.17. The molecule has 1 amide bonds. The second-order valence-corrected chi connectivity index (χ2v) is 10.00. The van der Waals surface area contributed by atoms with Crippen LogP contribution < -0.4 is 9.47 Å². The number of hydrogen-bond donors (Lipinski definition) is 0. The SMILES string of the molecule is CCS(=O)(=O)c1ccc(C(=O)N2CCC(C(=O)c3ccc4c(c3)OCCO4)CC2)cc1.